The van der Waals surface area contributed by atoms with Crippen molar-refractivity contribution in [1.29, 1.82) is 0 Å². The molecule has 25 atom stereocenters. The number of fused-ring (bicyclic) bond motifs is 20. The second-order valence-electron chi connectivity index (χ2n) is 39.9. The van der Waals surface area contributed by atoms with Crippen molar-refractivity contribution in [3.8, 4) is 0 Å². The molecular formula is C95H125ClO16. The van der Waals surface area contributed by atoms with Gasteiger partial charge in [0.25, 0.3) is 0 Å². The van der Waals surface area contributed by atoms with E-state index < -0.39 is 22.4 Å². The van der Waals surface area contributed by atoms with Crippen LogP contribution in [0.5, 0.6) is 0 Å². The Morgan fingerprint density at radius 1 is 0.375 bits per heavy atom. The topological polar surface area (TPSA) is 242 Å². The van der Waals surface area contributed by atoms with Crippen LogP contribution in [-0.4, -0.2) is 92.5 Å². The first-order valence-corrected chi connectivity index (χ1v) is 42.9. The number of ketones is 8. The van der Waals surface area contributed by atoms with Crippen molar-refractivity contribution in [2.24, 2.45) is 120 Å². The summed E-state index contributed by atoms with van der Waals surface area (Å²) in [4.78, 5) is 147. The predicted octanol–water partition coefficient (Wildman–Crippen LogP) is 18.3. The van der Waals surface area contributed by atoms with E-state index in [1.807, 2.05) is 12.2 Å². The highest BCUT2D eigenvalue weighted by atomic mass is 35.5. The van der Waals surface area contributed by atoms with E-state index in [1.165, 1.54) is 50.0 Å². The normalized spacial score (nSPS) is 45.2. The maximum absolute atomic E-state index is 12.8. The third-order valence-electron chi connectivity index (χ3n) is 35.1. The zero-order chi connectivity index (χ0) is 81.9. The van der Waals surface area contributed by atoms with Gasteiger partial charge in [0, 0.05) is 79.1 Å². The maximum Gasteiger partial charge on any atom is 0.303 e. The van der Waals surface area contributed by atoms with Gasteiger partial charge >= 0.3 is 23.9 Å². The molecule has 0 aromatic carbocycles. The smallest absolute Gasteiger partial charge is 0.303 e. The van der Waals surface area contributed by atoms with Gasteiger partial charge in [-0.15, -0.1) is 0 Å². The Morgan fingerprint density at radius 3 is 1.12 bits per heavy atom. The van der Waals surface area contributed by atoms with Crippen LogP contribution in [0, 0.1) is 120 Å². The van der Waals surface area contributed by atoms with Gasteiger partial charge in [-0.3, -0.25) is 57.5 Å². The van der Waals surface area contributed by atoms with Crippen LogP contribution in [0.4, 0.5) is 0 Å². The van der Waals surface area contributed by atoms with Crippen molar-refractivity contribution in [3.63, 3.8) is 0 Å². The highest BCUT2D eigenvalue weighted by Crippen LogP contribution is 2.74. The SMILES string of the molecule is CC(=O)O[C@]1(C(C)=O)CCC2C3C=C(C)C4=CC(=O)C=C[C@]4(C)C3CC[C@@]21C.CC(=O)O[C@]1(C(C)=O)CCC2C3C=C(C)C4=CC(=O)CC[C@]4(C)C3CC[C@@]21C.CC(=O)O[C@]1(C(C)=O)CCC2C3C=C(Cl)C4=CC(=O)CC[C@]4(C)C3CC[C@@]21C.CC(=O)O[C@]1(C(C)=O)CCC2C3C[C@H](C)C4=CC(=O)CC[C@]4(C)C3CC[C@@]21C. The summed E-state index contributed by atoms with van der Waals surface area (Å²) < 4.78 is 23.3. The van der Waals surface area contributed by atoms with E-state index in [1.54, 1.807) is 45.9 Å². The molecule has 16 rings (SSSR count). The third-order valence-corrected chi connectivity index (χ3v) is 35.5. The van der Waals surface area contributed by atoms with Gasteiger partial charge < -0.3 is 18.9 Å². The van der Waals surface area contributed by atoms with Crippen molar-refractivity contribution in [2.75, 3.05) is 0 Å². The van der Waals surface area contributed by atoms with E-state index in [4.69, 9.17) is 30.5 Å². The minimum atomic E-state index is -1.03. The molecule has 0 aromatic heterocycles. The molecule has 0 radical (unpaired) electrons. The molecule has 608 valence electrons. The zero-order valence-corrected chi connectivity index (χ0v) is 71.1. The molecule has 0 amide bonds. The number of carbonyl (C=O) groups excluding carboxylic acids is 12. The number of carbonyl (C=O) groups is 12. The van der Waals surface area contributed by atoms with Crippen molar-refractivity contribution < 1.29 is 76.5 Å². The van der Waals surface area contributed by atoms with Crippen LogP contribution >= 0.6 is 11.6 Å². The number of Topliss-reactive ketones (excluding diaryl/α,β-unsaturated/α-hetero) is 4. The number of halogens is 1. The molecule has 17 heteroatoms. The largest absolute Gasteiger partial charge is 0.451 e. The van der Waals surface area contributed by atoms with E-state index in [-0.39, 0.29) is 131 Å². The van der Waals surface area contributed by atoms with Crippen LogP contribution in [-0.2, 0) is 76.5 Å². The fourth-order valence-electron chi connectivity index (χ4n) is 29.8. The summed E-state index contributed by atoms with van der Waals surface area (Å²) in [5.74, 6) is 4.09. The fraction of sp³-hybridized carbons (Fsp3) is 0.705. The monoisotopic (exact) mass is 1560 g/mol. The van der Waals surface area contributed by atoms with Gasteiger partial charge in [0.05, 0.1) is 0 Å². The Hall–Kier alpha value is -6.55. The molecule has 0 saturated heterocycles. The molecule has 0 aromatic rings. The third kappa shape index (κ3) is 12.3. The van der Waals surface area contributed by atoms with Gasteiger partial charge in [-0.2, -0.15) is 0 Å². The van der Waals surface area contributed by atoms with Crippen LogP contribution in [0.2, 0.25) is 0 Å². The highest BCUT2D eigenvalue weighted by molar-refractivity contribution is 6.32. The number of esters is 4. The lowest BCUT2D eigenvalue weighted by Gasteiger charge is -2.60. The lowest BCUT2D eigenvalue weighted by molar-refractivity contribution is -0.187. The minimum absolute atomic E-state index is 0.00469. The number of hydrogen-bond donors (Lipinski definition) is 0. The van der Waals surface area contributed by atoms with Crippen molar-refractivity contribution in [3.05, 3.63) is 93.2 Å². The van der Waals surface area contributed by atoms with E-state index in [9.17, 15) is 57.5 Å². The molecule has 16 aliphatic carbocycles. The van der Waals surface area contributed by atoms with Gasteiger partial charge in [0.2, 0.25) is 0 Å². The average Bonchev–Trinajstić information content (AvgIpc) is 1.50. The van der Waals surface area contributed by atoms with E-state index >= 15 is 0 Å². The number of rotatable bonds is 8. The fourth-order valence-corrected chi connectivity index (χ4v) is 30.2. The molecule has 9 fully saturated rings. The number of ether oxygens (including phenoxy) is 4. The first-order chi connectivity index (χ1) is 52.2. The lowest BCUT2D eigenvalue weighted by atomic mass is 9.44. The molecule has 12 unspecified atom stereocenters. The summed E-state index contributed by atoms with van der Waals surface area (Å²) in [5.41, 5.74) is 1.63. The van der Waals surface area contributed by atoms with E-state index in [0.29, 0.717) is 109 Å². The molecule has 0 heterocycles. The standard InChI is InChI=1S/C24H34O4.C24H32O4.C24H30O4.C23H29ClO4/c3*1-14-12-18-19(22(4)9-6-17(27)13-21(14)22)7-10-23(5)20(18)8-11-24(23,15(2)25)28-16(3)26;1-13(25)23(28-14(2)26)10-7-18-16-12-20(24)19-11-15(27)5-8-21(19,3)17(16)6-9-22(18,23)4/h13-14,18-20H,6-12H2,1-5H3;12-13,18-20H,6-11H2,1-5H3;6,9,12-13,18-20H,7-8,10-11H2,1-5H3;11-12,16-18H,5-10H2,1-4H3/t14-,18?,19?,20?,22+,23-,24-;2*18?,19?,20?,22-,23+,24+;16?,17?,18?,21-,22+,23+/m0111/s1. The Morgan fingerprint density at radius 2 is 0.705 bits per heavy atom. The van der Waals surface area contributed by atoms with Gasteiger partial charge in [-0.1, -0.05) is 115 Å². The molecule has 0 N–H and O–H groups in total. The molecule has 16 nitrogen and oxygen atoms in total. The van der Waals surface area contributed by atoms with Crippen LogP contribution in [0.3, 0.4) is 0 Å². The zero-order valence-electron chi connectivity index (χ0n) is 70.4. The predicted molar refractivity (Wildman–Crippen MR) is 426 cm³/mol. The quantitative estimate of drug-likeness (QED) is 0.162. The second kappa shape index (κ2) is 28.7. The summed E-state index contributed by atoms with van der Waals surface area (Å²) in [7, 11) is 0. The van der Waals surface area contributed by atoms with Crippen LogP contribution in [0.25, 0.3) is 0 Å². The molecule has 16 aliphatic rings. The van der Waals surface area contributed by atoms with E-state index in [2.05, 4.69) is 100 Å². The van der Waals surface area contributed by atoms with E-state index in [0.717, 1.165) is 114 Å². The van der Waals surface area contributed by atoms with Crippen molar-refractivity contribution in [2.45, 2.75) is 302 Å². The van der Waals surface area contributed by atoms with Gasteiger partial charge in [-0.05, 0) is 310 Å². The van der Waals surface area contributed by atoms with Crippen molar-refractivity contribution >= 4 is 81.7 Å². The summed E-state index contributed by atoms with van der Waals surface area (Å²) >= 11 is 6.71. The Kier molecular flexibility index (Phi) is 21.3. The summed E-state index contributed by atoms with van der Waals surface area (Å²) in [6.45, 7) is 36.3. The molecule has 112 heavy (non-hydrogen) atoms. The summed E-state index contributed by atoms with van der Waals surface area (Å²) in [6, 6.07) is 0. The van der Waals surface area contributed by atoms with Gasteiger partial charge in [0.1, 0.15) is 0 Å². The first kappa shape index (κ1) is 83.4. The molecular weight excluding hydrogens is 1430 g/mol. The second-order valence-corrected chi connectivity index (χ2v) is 40.3. The number of allylic oxidation sites excluding steroid dienone is 15. The van der Waals surface area contributed by atoms with Gasteiger partial charge in [0.15, 0.2) is 68.7 Å². The van der Waals surface area contributed by atoms with Crippen LogP contribution in [0.15, 0.2) is 93.2 Å². The molecule has 9 saturated carbocycles. The number of hydrogen-bond acceptors (Lipinski definition) is 16. The molecule has 0 bridgehead atoms. The van der Waals surface area contributed by atoms with Crippen LogP contribution in [0.1, 0.15) is 279 Å². The maximum atomic E-state index is 12.8. The summed E-state index contributed by atoms with van der Waals surface area (Å²) in [5, 5.41) is 0.689. The summed E-state index contributed by atoms with van der Waals surface area (Å²) in [6.07, 6.45) is 37.1. The Bertz CT molecular complexity index is 4200. The highest BCUT2D eigenvalue weighted by Gasteiger charge is 2.73. The molecule has 0 aliphatic heterocycles. The Labute approximate surface area is 669 Å². The average molecular weight is 1560 g/mol. The van der Waals surface area contributed by atoms with Gasteiger partial charge in [-0.25, -0.2) is 0 Å². The lowest BCUT2D eigenvalue weighted by Crippen LogP contribution is -2.59. The minimum Gasteiger partial charge on any atom is -0.451 e. The van der Waals surface area contributed by atoms with Crippen LogP contribution < -0.4 is 0 Å². The van der Waals surface area contributed by atoms with Crippen molar-refractivity contribution in [1.82, 2.24) is 0 Å². The first-order valence-electron chi connectivity index (χ1n) is 42.5. The molecule has 0 spiro atoms. The Balaban J connectivity index is 0.000000131.